The summed E-state index contributed by atoms with van der Waals surface area (Å²) in [6, 6.07) is 5.79. The fourth-order valence-electron chi connectivity index (χ4n) is 1.29. The van der Waals surface area contributed by atoms with Gasteiger partial charge in [-0.3, -0.25) is 0 Å². The fourth-order valence-corrected chi connectivity index (χ4v) is 2.58. The van der Waals surface area contributed by atoms with Gasteiger partial charge in [0.25, 0.3) is 0 Å². The van der Waals surface area contributed by atoms with E-state index in [4.69, 9.17) is 11.6 Å². The van der Waals surface area contributed by atoms with Crippen molar-refractivity contribution in [2.75, 3.05) is 17.7 Å². The zero-order valence-electron chi connectivity index (χ0n) is 9.34. The molecule has 0 unspecified atom stereocenters. The number of hydrogen-bond acceptors (Lipinski definition) is 4. The second-order valence-electron chi connectivity index (χ2n) is 3.39. The van der Waals surface area contributed by atoms with Gasteiger partial charge in [0.05, 0.1) is 11.9 Å². The number of aromatic nitrogens is 2. The highest BCUT2D eigenvalue weighted by molar-refractivity contribution is 9.11. The number of nitrogens with zero attached hydrogens (tertiary/aromatic N) is 2. The van der Waals surface area contributed by atoms with E-state index in [0.29, 0.717) is 16.8 Å². The zero-order chi connectivity index (χ0) is 13.1. The van der Waals surface area contributed by atoms with Crippen LogP contribution in [-0.2, 0) is 0 Å². The lowest BCUT2D eigenvalue weighted by atomic mass is 10.3. The number of benzene rings is 1. The molecule has 1 aromatic heterocycles. The van der Waals surface area contributed by atoms with Gasteiger partial charge >= 0.3 is 0 Å². The van der Waals surface area contributed by atoms with Crippen LogP contribution in [0.3, 0.4) is 0 Å². The first-order valence-electron chi connectivity index (χ1n) is 5.02. The van der Waals surface area contributed by atoms with Gasteiger partial charge < -0.3 is 10.6 Å². The van der Waals surface area contributed by atoms with Gasteiger partial charge in [-0.05, 0) is 34.1 Å². The predicted molar refractivity (Wildman–Crippen MR) is 81.7 cm³/mol. The van der Waals surface area contributed by atoms with E-state index in [0.717, 1.165) is 14.6 Å². The van der Waals surface area contributed by atoms with Crippen molar-refractivity contribution in [1.82, 2.24) is 9.97 Å². The smallest absolute Gasteiger partial charge is 0.224 e. The van der Waals surface area contributed by atoms with Crippen molar-refractivity contribution in [2.24, 2.45) is 0 Å². The van der Waals surface area contributed by atoms with E-state index in [2.05, 4.69) is 52.5 Å². The third kappa shape index (κ3) is 3.13. The van der Waals surface area contributed by atoms with Crippen molar-refractivity contribution in [1.29, 1.82) is 0 Å². The van der Waals surface area contributed by atoms with Gasteiger partial charge in [-0.25, -0.2) is 4.98 Å². The third-order valence-electron chi connectivity index (χ3n) is 2.15. The SMILES string of the molecule is CNc1ncc(Cl)c(Nc2ccc(Br)cc2Br)n1. The van der Waals surface area contributed by atoms with Gasteiger partial charge in [0.15, 0.2) is 5.82 Å². The number of anilines is 3. The molecule has 0 atom stereocenters. The van der Waals surface area contributed by atoms with Crippen LogP contribution in [0, 0.1) is 0 Å². The molecule has 0 aliphatic heterocycles. The van der Waals surface area contributed by atoms with Gasteiger partial charge in [-0.1, -0.05) is 27.5 Å². The lowest BCUT2D eigenvalue weighted by Crippen LogP contribution is -2.01. The van der Waals surface area contributed by atoms with Crippen LogP contribution in [0.1, 0.15) is 0 Å². The molecule has 0 bridgehead atoms. The van der Waals surface area contributed by atoms with E-state index in [1.807, 2.05) is 18.2 Å². The second-order valence-corrected chi connectivity index (χ2v) is 5.57. The van der Waals surface area contributed by atoms with E-state index >= 15 is 0 Å². The van der Waals surface area contributed by atoms with Crippen LogP contribution in [0.4, 0.5) is 17.5 Å². The molecular weight excluding hydrogens is 383 g/mol. The summed E-state index contributed by atoms with van der Waals surface area (Å²) in [4.78, 5) is 8.27. The van der Waals surface area contributed by atoms with Crippen LogP contribution in [0.15, 0.2) is 33.3 Å². The van der Waals surface area contributed by atoms with Crippen molar-refractivity contribution in [3.63, 3.8) is 0 Å². The lowest BCUT2D eigenvalue weighted by molar-refractivity contribution is 1.15. The highest BCUT2D eigenvalue weighted by atomic mass is 79.9. The summed E-state index contributed by atoms with van der Waals surface area (Å²) in [7, 11) is 1.75. The maximum Gasteiger partial charge on any atom is 0.224 e. The normalized spacial score (nSPS) is 10.2. The lowest BCUT2D eigenvalue weighted by Gasteiger charge is -2.10. The summed E-state index contributed by atoms with van der Waals surface area (Å²) in [5.74, 6) is 1.06. The van der Waals surface area contributed by atoms with Crippen molar-refractivity contribution >= 4 is 60.9 Å². The van der Waals surface area contributed by atoms with Crippen LogP contribution in [0.5, 0.6) is 0 Å². The largest absolute Gasteiger partial charge is 0.357 e. The highest BCUT2D eigenvalue weighted by Crippen LogP contribution is 2.30. The molecule has 0 spiro atoms. The summed E-state index contributed by atoms with van der Waals surface area (Å²) in [6.07, 6.45) is 1.55. The molecule has 2 aromatic rings. The summed E-state index contributed by atoms with van der Waals surface area (Å²) in [6.45, 7) is 0. The Morgan fingerprint density at radius 1 is 1.28 bits per heavy atom. The highest BCUT2D eigenvalue weighted by Gasteiger charge is 2.07. The molecule has 1 heterocycles. The van der Waals surface area contributed by atoms with Crippen LogP contribution < -0.4 is 10.6 Å². The van der Waals surface area contributed by atoms with Gasteiger partial charge in [0, 0.05) is 16.0 Å². The topological polar surface area (TPSA) is 49.8 Å². The Labute approximate surface area is 126 Å². The minimum Gasteiger partial charge on any atom is -0.357 e. The van der Waals surface area contributed by atoms with E-state index in [1.54, 1.807) is 13.2 Å². The molecule has 0 fully saturated rings. The summed E-state index contributed by atoms with van der Waals surface area (Å²) >= 11 is 12.9. The molecule has 0 aliphatic carbocycles. The number of nitrogens with one attached hydrogen (secondary N) is 2. The molecule has 18 heavy (non-hydrogen) atoms. The Kier molecular flexibility index (Phi) is 4.42. The predicted octanol–water partition coefficient (Wildman–Crippen LogP) is 4.44. The molecule has 2 rings (SSSR count). The number of hydrogen-bond donors (Lipinski definition) is 2. The third-order valence-corrected chi connectivity index (χ3v) is 3.58. The van der Waals surface area contributed by atoms with Gasteiger partial charge in [-0.2, -0.15) is 4.98 Å². The quantitative estimate of drug-likeness (QED) is 0.811. The van der Waals surface area contributed by atoms with E-state index in [9.17, 15) is 0 Å². The molecule has 0 aliphatic rings. The zero-order valence-corrected chi connectivity index (χ0v) is 13.3. The molecule has 4 nitrogen and oxygen atoms in total. The van der Waals surface area contributed by atoms with Gasteiger partial charge in [0.1, 0.15) is 5.02 Å². The van der Waals surface area contributed by atoms with Gasteiger partial charge in [0.2, 0.25) is 5.95 Å². The first-order chi connectivity index (χ1) is 8.60. The molecule has 0 saturated carbocycles. The maximum absolute atomic E-state index is 6.05. The molecule has 94 valence electrons. The second kappa shape index (κ2) is 5.86. The van der Waals surface area contributed by atoms with Gasteiger partial charge in [-0.15, -0.1) is 0 Å². The monoisotopic (exact) mass is 390 g/mol. The molecule has 2 N–H and O–H groups in total. The Morgan fingerprint density at radius 2 is 2.06 bits per heavy atom. The molecule has 1 aromatic carbocycles. The van der Waals surface area contributed by atoms with Crippen LogP contribution >= 0.6 is 43.5 Å². The summed E-state index contributed by atoms with van der Waals surface area (Å²) < 4.78 is 1.90. The number of halogens is 3. The van der Waals surface area contributed by atoms with Crippen LogP contribution in [-0.4, -0.2) is 17.0 Å². The van der Waals surface area contributed by atoms with Crippen LogP contribution in [0.25, 0.3) is 0 Å². The van der Waals surface area contributed by atoms with Crippen molar-refractivity contribution in [2.45, 2.75) is 0 Å². The van der Waals surface area contributed by atoms with Crippen molar-refractivity contribution in [3.05, 3.63) is 38.4 Å². The molecule has 0 amide bonds. The van der Waals surface area contributed by atoms with E-state index in [1.165, 1.54) is 0 Å². The van der Waals surface area contributed by atoms with E-state index < -0.39 is 0 Å². The Morgan fingerprint density at radius 3 is 2.72 bits per heavy atom. The number of rotatable bonds is 3. The molecule has 0 radical (unpaired) electrons. The summed E-state index contributed by atoms with van der Waals surface area (Å²) in [5, 5.41) is 6.48. The van der Waals surface area contributed by atoms with E-state index in [-0.39, 0.29) is 0 Å². The molecule has 0 saturated heterocycles. The molecule has 7 heteroatoms. The minimum absolute atomic E-state index is 0.462. The first-order valence-corrected chi connectivity index (χ1v) is 6.99. The minimum atomic E-state index is 0.462. The Bertz CT molecular complexity index is 577. The van der Waals surface area contributed by atoms with Crippen molar-refractivity contribution < 1.29 is 0 Å². The Balaban J connectivity index is 2.33. The average molecular weight is 392 g/mol. The maximum atomic E-state index is 6.05. The first kappa shape index (κ1) is 13.6. The van der Waals surface area contributed by atoms with Crippen LogP contribution in [0.2, 0.25) is 5.02 Å². The standard InChI is InChI=1S/C11H9Br2ClN4/c1-15-11-16-5-8(14)10(18-11)17-9-3-2-6(12)4-7(9)13/h2-5H,1H3,(H2,15,16,17,18). The fraction of sp³-hybridized carbons (Fsp3) is 0.0909. The average Bonchev–Trinajstić information content (AvgIpc) is 2.35. The summed E-state index contributed by atoms with van der Waals surface area (Å²) in [5.41, 5.74) is 0.876. The molecular formula is C11H9Br2ClN4. The van der Waals surface area contributed by atoms with Crippen molar-refractivity contribution in [3.8, 4) is 0 Å². The Hall–Kier alpha value is -0.850.